The van der Waals surface area contributed by atoms with Crippen molar-refractivity contribution in [2.45, 2.75) is 26.8 Å². The zero-order valence-corrected chi connectivity index (χ0v) is 7.16. The molecule has 0 aromatic carbocycles. The van der Waals surface area contributed by atoms with E-state index >= 15 is 0 Å². The van der Waals surface area contributed by atoms with E-state index in [-0.39, 0.29) is 12.4 Å². The first-order valence-corrected chi connectivity index (χ1v) is 3.17. The number of nitrogens with one attached hydrogen (secondary N) is 1. The standard InChI is InChI=1S/C7H15N.ClH/c1-4-6-7(3)8-5-2;/h4,6-8H,5H2,1-3H3;1H. The quantitative estimate of drug-likeness (QED) is 0.606. The Bertz CT molecular complexity index is 71.3. The maximum Gasteiger partial charge on any atom is 0.0221 e. The molecule has 0 bridgehead atoms. The summed E-state index contributed by atoms with van der Waals surface area (Å²) in [5.74, 6) is 0. The van der Waals surface area contributed by atoms with Crippen LogP contribution in [-0.2, 0) is 0 Å². The third-order valence-corrected chi connectivity index (χ3v) is 1.01. The topological polar surface area (TPSA) is 12.0 Å². The number of hydrogen-bond donors (Lipinski definition) is 1. The largest absolute Gasteiger partial charge is 0.311 e. The van der Waals surface area contributed by atoms with Crippen LogP contribution in [0.2, 0.25) is 0 Å². The van der Waals surface area contributed by atoms with E-state index in [1.54, 1.807) is 0 Å². The van der Waals surface area contributed by atoms with Gasteiger partial charge in [-0.2, -0.15) is 0 Å². The summed E-state index contributed by atoms with van der Waals surface area (Å²) in [7, 11) is 0. The Morgan fingerprint density at radius 3 is 2.44 bits per heavy atom. The molecule has 0 aromatic rings. The minimum atomic E-state index is 0. The highest BCUT2D eigenvalue weighted by molar-refractivity contribution is 5.85. The summed E-state index contributed by atoms with van der Waals surface area (Å²) in [5, 5.41) is 3.26. The summed E-state index contributed by atoms with van der Waals surface area (Å²) in [6.45, 7) is 7.34. The SMILES string of the molecule is CC=CC(C)NCC.Cl. The molecule has 0 saturated carbocycles. The second-order valence-corrected chi connectivity index (χ2v) is 1.87. The van der Waals surface area contributed by atoms with Gasteiger partial charge in [0.05, 0.1) is 0 Å². The van der Waals surface area contributed by atoms with Crippen LogP contribution in [0.25, 0.3) is 0 Å². The van der Waals surface area contributed by atoms with Gasteiger partial charge in [0, 0.05) is 6.04 Å². The highest BCUT2D eigenvalue weighted by Crippen LogP contribution is 1.81. The molecule has 1 nitrogen and oxygen atoms in total. The van der Waals surface area contributed by atoms with Crippen molar-refractivity contribution in [1.82, 2.24) is 5.32 Å². The normalized spacial score (nSPS) is 13.2. The summed E-state index contributed by atoms with van der Waals surface area (Å²) in [6.07, 6.45) is 4.21. The van der Waals surface area contributed by atoms with Crippen LogP contribution in [0, 0.1) is 0 Å². The zero-order chi connectivity index (χ0) is 6.41. The van der Waals surface area contributed by atoms with Gasteiger partial charge < -0.3 is 5.32 Å². The van der Waals surface area contributed by atoms with Gasteiger partial charge in [-0.05, 0) is 20.4 Å². The molecule has 1 unspecified atom stereocenters. The molecule has 0 radical (unpaired) electrons. The summed E-state index contributed by atoms with van der Waals surface area (Å²) in [5.41, 5.74) is 0. The van der Waals surface area contributed by atoms with Gasteiger partial charge in [0.1, 0.15) is 0 Å². The van der Waals surface area contributed by atoms with E-state index in [0.29, 0.717) is 6.04 Å². The lowest BCUT2D eigenvalue weighted by Crippen LogP contribution is -2.22. The van der Waals surface area contributed by atoms with Crippen LogP contribution in [-0.4, -0.2) is 12.6 Å². The van der Waals surface area contributed by atoms with Crippen molar-refractivity contribution in [1.29, 1.82) is 0 Å². The first-order chi connectivity index (χ1) is 3.81. The lowest BCUT2D eigenvalue weighted by atomic mass is 10.3. The van der Waals surface area contributed by atoms with Gasteiger partial charge in [-0.1, -0.05) is 19.1 Å². The average Bonchev–Trinajstić information content (AvgIpc) is 1.68. The van der Waals surface area contributed by atoms with E-state index < -0.39 is 0 Å². The lowest BCUT2D eigenvalue weighted by Gasteiger charge is -2.03. The predicted octanol–water partition coefficient (Wildman–Crippen LogP) is 1.98. The van der Waals surface area contributed by atoms with Crippen molar-refractivity contribution in [2.24, 2.45) is 0 Å². The molecule has 0 rings (SSSR count). The molecule has 0 saturated heterocycles. The average molecular weight is 150 g/mol. The van der Waals surface area contributed by atoms with Crippen LogP contribution < -0.4 is 5.32 Å². The van der Waals surface area contributed by atoms with Gasteiger partial charge in [0.2, 0.25) is 0 Å². The summed E-state index contributed by atoms with van der Waals surface area (Å²) < 4.78 is 0. The second kappa shape index (κ2) is 7.99. The smallest absolute Gasteiger partial charge is 0.0221 e. The molecular formula is C7H16ClN. The van der Waals surface area contributed by atoms with Crippen molar-refractivity contribution < 1.29 is 0 Å². The third-order valence-electron chi connectivity index (χ3n) is 1.01. The van der Waals surface area contributed by atoms with E-state index in [2.05, 4.69) is 31.3 Å². The Morgan fingerprint density at radius 2 is 2.11 bits per heavy atom. The van der Waals surface area contributed by atoms with Gasteiger partial charge in [-0.3, -0.25) is 0 Å². The van der Waals surface area contributed by atoms with Crippen molar-refractivity contribution in [3.05, 3.63) is 12.2 Å². The summed E-state index contributed by atoms with van der Waals surface area (Å²) in [6, 6.07) is 0.532. The van der Waals surface area contributed by atoms with E-state index in [9.17, 15) is 0 Å². The van der Waals surface area contributed by atoms with Crippen LogP contribution in [0.15, 0.2) is 12.2 Å². The molecule has 0 amide bonds. The van der Waals surface area contributed by atoms with E-state index in [0.717, 1.165) is 6.54 Å². The van der Waals surface area contributed by atoms with Gasteiger partial charge in [0.25, 0.3) is 0 Å². The molecule has 0 aliphatic rings. The van der Waals surface area contributed by atoms with Crippen LogP contribution in [0.4, 0.5) is 0 Å². The molecule has 0 aliphatic carbocycles. The molecule has 0 aliphatic heterocycles. The van der Waals surface area contributed by atoms with Crippen LogP contribution >= 0.6 is 12.4 Å². The Kier molecular flexibility index (Phi) is 10.4. The monoisotopic (exact) mass is 149 g/mol. The Balaban J connectivity index is 0. The van der Waals surface area contributed by atoms with Crippen molar-refractivity contribution in [3.63, 3.8) is 0 Å². The molecule has 9 heavy (non-hydrogen) atoms. The summed E-state index contributed by atoms with van der Waals surface area (Å²) >= 11 is 0. The molecule has 2 heteroatoms. The van der Waals surface area contributed by atoms with Crippen molar-refractivity contribution >= 4 is 12.4 Å². The fourth-order valence-electron chi connectivity index (χ4n) is 0.679. The second-order valence-electron chi connectivity index (χ2n) is 1.87. The highest BCUT2D eigenvalue weighted by atomic mass is 35.5. The van der Waals surface area contributed by atoms with Crippen molar-refractivity contribution in [3.8, 4) is 0 Å². The molecule has 56 valence electrons. The lowest BCUT2D eigenvalue weighted by molar-refractivity contribution is 0.660. The highest BCUT2D eigenvalue weighted by Gasteiger charge is 1.87. The molecule has 0 spiro atoms. The summed E-state index contributed by atoms with van der Waals surface area (Å²) in [4.78, 5) is 0. The van der Waals surface area contributed by atoms with E-state index in [1.165, 1.54) is 0 Å². The molecule has 0 aromatic heterocycles. The minimum Gasteiger partial charge on any atom is -0.311 e. The number of hydrogen-bond acceptors (Lipinski definition) is 1. The molecule has 1 atom stereocenters. The van der Waals surface area contributed by atoms with Gasteiger partial charge >= 0.3 is 0 Å². The Labute approximate surface area is 63.9 Å². The number of halogens is 1. The van der Waals surface area contributed by atoms with E-state index in [4.69, 9.17) is 0 Å². The number of rotatable bonds is 3. The number of likely N-dealkylation sites (N-methyl/N-ethyl adjacent to an activating group) is 1. The zero-order valence-electron chi connectivity index (χ0n) is 6.35. The fraction of sp³-hybridized carbons (Fsp3) is 0.714. The molecule has 0 fully saturated rings. The van der Waals surface area contributed by atoms with Gasteiger partial charge in [-0.25, -0.2) is 0 Å². The fourth-order valence-corrected chi connectivity index (χ4v) is 0.679. The number of allylic oxidation sites excluding steroid dienone is 1. The minimum absolute atomic E-state index is 0. The van der Waals surface area contributed by atoms with Crippen LogP contribution in [0.3, 0.4) is 0 Å². The Morgan fingerprint density at radius 1 is 1.56 bits per heavy atom. The molecular weight excluding hydrogens is 134 g/mol. The predicted molar refractivity (Wildman–Crippen MR) is 45.2 cm³/mol. The van der Waals surface area contributed by atoms with Gasteiger partial charge in [0.15, 0.2) is 0 Å². The molecule has 1 N–H and O–H groups in total. The first-order valence-electron chi connectivity index (χ1n) is 3.17. The maximum absolute atomic E-state index is 3.26. The van der Waals surface area contributed by atoms with Crippen molar-refractivity contribution in [2.75, 3.05) is 6.54 Å². The first kappa shape index (κ1) is 11.7. The van der Waals surface area contributed by atoms with Crippen LogP contribution in [0.5, 0.6) is 0 Å². The van der Waals surface area contributed by atoms with Crippen LogP contribution in [0.1, 0.15) is 20.8 Å². The molecule has 0 heterocycles. The van der Waals surface area contributed by atoms with E-state index in [1.807, 2.05) is 6.92 Å². The van der Waals surface area contributed by atoms with Gasteiger partial charge in [-0.15, -0.1) is 12.4 Å². The maximum atomic E-state index is 3.26. The third kappa shape index (κ3) is 7.99. The Hall–Kier alpha value is -0.0100.